The van der Waals surface area contributed by atoms with E-state index in [1.54, 1.807) is 12.4 Å². The molecular formula is C12H11BrN6. The summed E-state index contributed by atoms with van der Waals surface area (Å²) in [4.78, 5) is 15.6. The van der Waals surface area contributed by atoms with E-state index in [9.17, 15) is 0 Å². The van der Waals surface area contributed by atoms with Crippen molar-refractivity contribution in [2.45, 2.75) is 6.54 Å². The molecule has 96 valence electrons. The van der Waals surface area contributed by atoms with Crippen molar-refractivity contribution in [1.29, 1.82) is 0 Å². The topological polar surface area (TPSA) is 92.5 Å². The van der Waals surface area contributed by atoms with Crippen molar-refractivity contribution < 1.29 is 0 Å². The van der Waals surface area contributed by atoms with Crippen LogP contribution in [0, 0.1) is 0 Å². The number of hydrogen-bond acceptors (Lipinski definition) is 5. The molecule has 0 bridgehead atoms. The Kier molecular flexibility index (Phi) is 3.04. The van der Waals surface area contributed by atoms with Gasteiger partial charge in [0.1, 0.15) is 10.3 Å². The normalized spacial score (nSPS) is 10.8. The van der Waals surface area contributed by atoms with Gasteiger partial charge in [0.2, 0.25) is 0 Å². The molecule has 0 aliphatic rings. The van der Waals surface area contributed by atoms with Crippen molar-refractivity contribution in [2.75, 3.05) is 11.1 Å². The fourth-order valence-corrected chi connectivity index (χ4v) is 2.12. The number of aromatic nitrogens is 4. The first kappa shape index (κ1) is 11.9. The molecule has 0 fully saturated rings. The van der Waals surface area contributed by atoms with Gasteiger partial charge in [0.25, 0.3) is 0 Å². The highest BCUT2D eigenvalue weighted by atomic mass is 79.9. The molecule has 0 radical (unpaired) electrons. The van der Waals surface area contributed by atoms with Gasteiger partial charge in [0.05, 0.1) is 6.20 Å². The molecule has 0 aromatic carbocycles. The molecule has 0 spiro atoms. The Bertz CT molecular complexity index is 723. The summed E-state index contributed by atoms with van der Waals surface area (Å²) in [7, 11) is 0. The lowest BCUT2D eigenvalue weighted by atomic mass is 10.2. The third kappa shape index (κ3) is 2.37. The number of H-pyrrole nitrogens is 1. The van der Waals surface area contributed by atoms with Gasteiger partial charge in [0, 0.05) is 24.3 Å². The van der Waals surface area contributed by atoms with E-state index >= 15 is 0 Å². The van der Waals surface area contributed by atoms with Crippen LogP contribution >= 0.6 is 15.9 Å². The summed E-state index contributed by atoms with van der Waals surface area (Å²) in [6.07, 6.45) is 5.25. The first-order valence-electron chi connectivity index (χ1n) is 5.67. The van der Waals surface area contributed by atoms with E-state index in [2.05, 4.69) is 41.2 Å². The van der Waals surface area contributed by atoms with Crippen LogP contribution in [0.4, 0.5) is 11.6 Å². The van der Waals surface area contributed by atoms with Crippen molar-refractivity contribution in [2.24, 2.45) is 0 Å². The highest BCUT2D eigenvalue weighted by molar-refractivity contribution is 9.10. The third-order valence-corrected chi connectivity index (χ3v) is 3.14. The molecule has 3 rings (SSSR count). The van der Waals surface area contributed by atoms with Crippen LogP contribution in [0.2, 0.25) is 0 Å². The number of fused-ring (bicyclic) bond motifs is 1. The maximum absolute atomic E-state index is 5.76. The second kappa shape index (κ2) is 4.85. The Morgan fingerprint density at radius 2 is 2.26 bits per heavy atom. The maximum atomic E-state index is 5.76. The number of nitrogens with two attached hydrogens (primary N) is 1. The molecule has 0 atom stereocenters. The molecule has 0 amide bonds. The summed E-state index contributed by atoms with van der Waals surface area (Å²) in [5.41, 5.74) is 7.73. The zero-order valence-electron chi connectivity index (χ0n) is 9.89. The summed E-state index contributed by atoms with van der Waals surface area (Å²) < 4.78 is 0.643. The van der Waals surface area contributed by atoms with E-state index in [0.717, 1.165) is 16.6 Å². The first-order valence-corrected chi connectivity index (χ1v) is 6.46. The highest BCUT2D eigenvalue weighted by Crippen LogP contribution is 2.19. The second-order valence-corrected chi connectivity index (χ2v) is 4.81. The van der Waals surface area contributed by atoms with E-state index in [4.69, 9.17) is 5.73 Å². The number of aromatic amines is 1. The Morgan fingerprint density at radius 1 is 1.37 bits per heavy atom. The Labute approximate surface area is 117 Å². The van der Waals surface area contributed by atoms with Gasteiger partial charge in [-0.25, -0.2) is 15.0 Å². The fourth-order valence-electron chi connectivity index (χ4n) is 1.84. The molecule has 3 aromatic heterocycles. The molecule has 0 saturated carbocycles. The van der Waals surface area contributed by atoms with E-state index in [1.807, 2.05) is 18.3 Å². The number of hydrogen-bond donors (Lipinski definition) is 3. The van der Waals surface area contributed by atoms with Crippen LogP contribution in [0.1, 0.15) is 5.56 Å². The number of nitrogen functional groups attached to an aromatic ring is 1. The first-order chi connectivity index (χ1) is 9.24. The molecule has 0 unspecified atom stereocenters. The van der Waals surface area contributed by atoms with Crippen LogP contribution in [0.5, 0.6) is 0 Å². The van der Waals surface area contributed by atoms with Crippen LogP contribution < -0.4 is 11.1 Å². The second-order valence-electron chi connectivity index (χ2n) is 3.99. The average molecular weight is 319 g/mol. The van der Waals surface area contributed by atoms with Crippen molar-refractivity contribution in [3.05, 3.63) is 40.9 Å². The Hall–Kier alpha value is -2.15. The van der Waals surface area contributed by atoms with Gasteiger partial charge < -0.3 is 16.0 Å². The minimum Gasteiger partial charge on any atom is -0.381 e. The smallest absolute Gasteiger partial charge is 0.170 e. The van der Waals surface area contributed by atoms with Gasteiger partial charge in [-0.05, 0) is 33.6 Å². The van der Waals surface area contributed by atoms with E-state index in [1.165, 1.54) is 0 Å². The van der Waals surface area contributed by atoms with Crippen LogP contribution in [0.25, 0.3) is 11.0 Å². The largest absolute Gasteiger partial charge is 0.381 e. The number of rotatable bonds is 3. The standard InChI is InChI=1S/C12H11BrN6/c13-9-6-16-10(14)12(19-9)18-5-7-4-17-11-8(7)2-1-3-15-11/h1-4,6H,5H2,(H2,14,16)(H,15,17)(H,18,19). The molecule has 0 aliphatic carbocycles. The quantitative estimate of drug-likeness (QED) is 0.689. The number of halogens is 1. The molecular weight excluding hydrogens is 308 g/mol. The van der Waals surface area contributed by atoms with Gasteiger partial charge in [-0.3, -0.25) is 0 Å². The molecule has 6 nitrogen and oxygen atoms in total. The highest BCUT2D eigenvalue weighted by Gasteiger charge is 2.06. The Balaban J connectivity index is 1.84. The Morgan fingerprint density at radius 3 is 3.16 bits per heavy atom. The number of anilines is 2. The molecule has 3 aromatic rings. The van der Waals surface area contributed by atoms with Gasteiger partial charge in [-0.1, -0.05) is 0 Å². The van der Waals surface area contributed by atoms with Gasteiger partial charge in [0.15, 0.2) is 11.6 Å². The zero-order valence-corrected chi connectivity index (χ0v) is 11.5. The minimum atomic E-state index is 0.376. The van der Waals surface area contributed by atoms with Gasteiger partial charge >= 0.3 is 0 Å². The van der Waals surface area contributed by atoms with Crippen molar-refractivity contribution >= 4 is 38.6 Å². The van der Waals surface area contributed by atoms with E-state index < -0.39 is 0 Å². The fraction of sp³-hybridized carbons (Fsp3) is 0.0833. The molecule has 0 aliphatic heterocycles. The van der Waals surface area contributed by atoms with Crippen LogP contribution in [0.3, 0.4) is 0 Å². The molecule has 4 N–H and O–H groups in total. The number of nitrogens with one attached hydrogen (secondary N) is 2. The maximum Gasteiger partial charge on any atom is 0.170 e. The van der Waals surface area contributed by atoms with Crippen molar-refractivity contribution in [3.63, 3.8) is 0 Å². The van der Waals surface area contributed by atoms with Crippen molar-refractivity contribution in [1.82, 2.24) is 19.9 Å². The van der Waals surface area contributed by atoms with E-state index in [-0.39, 0.29) is 0 Å². The summed E-state index contributed by atoms with van der Waals surface area (Å²) in [6, 6.07) is 3.93. The van der Waals surface area contributed by atoms with Gasteiger partial charge in [-0.2, -0.15) is 0 Å². The third-order valence-electron chi connectivity index (χ3n) is 2.75. The van der Waals surface area contributed by atoms with Crippen LogP contribution in [-0.2, 0) is 6.54 Å². The summed E-state index contributed by atoms with van der Waals surface area (Å²) in [6.45, 7) is 0.598. The molecule has 3 heterocycles. The van der Waals surface area contributed by atoms with Gasteiger partial charge in [-0.15, -0.1) is 0 Å². The molecule has 19 heavy (non-hydrogen) atoms. The summed E-state index contributed by atoms with van der Waals surface area (Å²) in [5, 5.41) is 4.25. The number of nitrogens with zero attached hydrogens (tertiary/aromatic N) is 3. The van der Waals surface area contributed by atoms with Crippen molar-refractivity contribution in [3.8, 4) is 0 Å². The lowest BCUT2D eigenvalue weighted by Gasteiger charge is -2.07. The number of pyridine rings is 1. The summed E-state index contributed by atoms with van der Waals surface area (Å²) >= 11 is 3.27. The SMILES string of the molecule is Nc1ncc(Br)nc1NCc1c[nH]c2ncccc12. The predicted octanol–water partition coefficient (Wildman–Crippen LogP) is 2.31. The van der Waals surface area contributed by atoms with Crippen LogP contribution in [0.15, 0.2) is 35.3 Å². The van der Waals surface area contributed by atoms with Crippen LogP contribution in [-0.4, -0.2) is 19.9 Å². The monoisotopic (exact) mass is 318 g/mol. The van der Waals surface area contributed by atoms with E-state index in [0.29, 0.717) is 22.8 Å². The molecule has 7 heteroatoms. The zero-order chi connectivity index (χ0) is 13.2. The average Bonchev–Trinajstić information content (AvgIpc) is 2.83. The molecule has 0 saturated heterocycles. The lowest BCUT2D eigenvalue weighted by Crippen LogP contribution is -2.05. The summed E-state index contributed by atoms with van der Waals surface area (Å²) in [5.74, 6) is 0.939. The predicted molar refractivity (Wildman–Crippen MR) is 77.6 cm³/mol. The lowest BCUT2D eigenvalue weighted by molar-refractivity contribution is 1.09. The minimum absolute atomic E-state index is 0.376.